The number of benzene rings is 1. The Bertz CT molecular complexity index is 638. The predicted octanol–water partition coefficient (Wildman–Crippen LogP) is 2.34. The van der Waals surface area contributed by atoms with Crippen LogP contribution < -0.4 is 5.32 Å². The summed E-state index contributed by atoms with van der Waals surface area (Å²) in [4.78, 5) is 18.0. The van der Waals surface area contributed by atoms with Crippen molar-refractivity contribution in [2.75, 3.05) is 11.1 Å². The highest BCUT2D eigenvalue weighted by atomic mass is 32.2. The van der Waals surface area contributed by atoms with Gasteiger partial charge in [-0.25, -0.2) is 9.78 Å². The van der Waals surface area contributed by atoms with Crippen molar-refractivity contribution in [3.8, 4) is 0 Å². The number of nitrogens with zero attached hydrogens (tertiary/aromatic N) is 1. The van der Waals surface area contributed by atoms with E-state index >= 15 is 0 Å². The van der Waals surface area contributed by atoms with Gasteiger partial charge in [-0.05, 0) is 35.8 Å². The summed E-state index contributed by atoms with van der Waals surface area (Å²) in [5.41, 5.74) is 2.09. The fourth-order valence-corrected chi connectivity index (χ4v) is 2.67. The molecule has 0 saturated heterocycles. The average Bonchev–Trinajstić information content (AvgIpc) is 2.67. The Balaban J connectivity index is 2.29. The molecular formula is C12H13N3O3S. The molecule has 1 unspecified atom stereocenters. The van der Waals surface area contributed by atoms with Crippen molar-refractivity contribution in [3.05, 3.63) is 30.4 Å². The van der Waals surface area contributed by atoms with Gasteiger partial charge in [0.05, 0.1) is 11.0 Å². The summed E-state index contributed by atoms with van der Waals surface area (Å²) in [6, 6.07) is 5.13. The molecule has 1 amide bonds. The molecule has 2 rings (SSSR count). The largest absolute Gasteiger partial charge is 0.611 e. The Morgan fingerprint density at radius 1 is 1.63 bits per heavy atom. The van der Waals surface area contributed by atoms with E-state index in [0.717, 1.165) is 5.57 Å². The van der Waals surface area contributed by atoms with Crippen LogP contribution in [0.5, 0.6) is 0 Å². The summed E-state index contributed by atoms with van der Waals surface area (Å²) >= 11 is -1.16. The van der Waals surface area contributed by atoms with E-state index in [0.29, 0.717) is 21.7 Å². The highest BCUT2D eigenvalue weighted by Crippen LogP contribution is 2.20. The Morgan fingerprint density at radius 2 is 2.37 bits per heavy atom. The van der Waals surface area contributed by atoms with Gasteiger partial charge in [0.15, 0.2) is 4.90 Å². The Morgan fingerprint density at radius 3 is 3.00 bits per heavy atom. The van der Waals surface area contributed by atoms with Gasteiger partial charge in [0.1, 0.15) is 5.75 Å². The maximum Gasteiger partial charge on any atom is 0.411 e. The third-order valence-electron chi connectivity index (χ3n) is 2.32. The first-order valence-corrected chi connectivity index (χ1v) is 6.80. The van der Waals surface area contributed by atoms with Gasteiger partial charge in [-0.1, -0.05) is 6.58 Å². The van der Waals surface area contributed by atoms with Crippen LogP contribution in [0.2, 0.25) is 0 Å². The SMILES string of the molecule is C=C(C)C[S+]([O-])c1ccc2[nH]c(NC(=O)O)nc2c1. The maximum atomic E-state index is 12.0. The number of fused-ring (bicyclic) bond motifs is 1. The molecule has 0 bridgehead atoms. The maximum absolute atomic E-state index is 12.0. The molecule has 100 valence electrons. The van der Waals surface area contributed by atoms with E-state index in [1.54, 1.807) is 18.2 Å². The monoisotopic (exact) mass is 279 g/mol. The number of nitrogens with one attached hydrogen (secondary N) is 2. The minimum atomic E-state index is -1.19. The number of hydrogen-bond acceptors (Lipinski definition) is 3. The minimum absolute atomic E-state index is 0.144. The number of rotatable bonds is 4. The molecule has 1 heterocycles. The van der Waals surface area contributed by atoms with Gasteiger partial charge in [-0.2, -0.15) is 0 Å². The van der Waals surface area contributed by atoms with E-state index in [-0.39, 0.29) is 5.95 Å². The summed E-state index contributed by atoms with van der Waals surface area (Å²) in [5.74, 6) is 0.543. The third kappa shape index (κ3) is 3.27. The lowest BCUT2D eigenvalue weighted by molar-refractivity contribution is 0.209. The number of carboxylic acid groups (broad SMARTS) is 1. The molecule has 0 aliphatic heterocycles. The first kappa shape index (κ1) is 13.4. The van der Waals surface area contributed by atoms with Crippen LogP contribution in [-0.2, 0) is 11.2 Å². The molecule has 0 aliphatic rings. The van der Waals surface area contributed by atoms with Crippen LogP contribution in [-0.4, -0.2) is 31.5 Å². The van der Waals surface area contributed by atoms with Gasteiger partial charge in [-0.15, -0.1) is 0 Å². The highest BCUT2D eigenvalue weighted by Gasteiger charge is 2.13. The molecule has 7 heteroatoms. The van der Waals surface area contributed by atoms with Crippen molar-refractivity contribution < 1.29 is 14.5 Å². The van der Waals surface area contributed by atoms with Crippen LogP contribution in [0.25, 0.3) is 11.0 Å². The molecule has 0 spiro atoms. The summed E-state index contributed by atoms with van der Waals surface area (Å²) in [6.07, 6.45) is -1.19. The van der Waals surface area contributed by atoms with Crippen LogP contribution in [0.4, 0.5) is 10.7 Å². The standard InChI is InChI=1S/C12H13N3O3S/c1-7(2)6-19(18)8-3-4-9-10(5-8)14-11(13-9)15-12(16)17/h3-5H,1,6H2,2H3,(H,16,17)(H2,13,14,15). The van der Waals surface area contributed by atoms with Crippen molar-refractivity contribution in [2.45, 2.75) is 11.8 Å². The van der Waals surface area contributed by atoms with Gasteiger partial charge < -0.3 is 14.6 Å². The van der Waals surface area contributed by atoms with Crippen molar-refractivity contribution in [1.29, 1.82) is 0 Å². The van der Waals surface area contributed by atoms with Gasteiger partial charge in [0, 0.05) is 6.07 Å². The molecule has 19 heavy (non-hydrogen) atoms. The van der Waals surface area contributed by atoms with E-state index in [4.69, 9.17) is 5.11 Å². The molecule has 1 aromatic carbocycles. The van der Waals surface area contributed by atoms with Crippen LogP contribution >= 0.6 is 0 Å². The molecule has 0 fully saturated rings. The van der Waals surface area contributed by atoms with E-state index < -0.39 is 17.3 Å². The Hall–Kier alpha value is -1.99. The smallest absolute Gasteiger partial charge is 0.411 e. The number of amides is 1. The summed E-state index contributed by atoms with van der Waals surface area (Å²) in [7, 11) is 0. The number of carbonyl (C=O) groups is 1. The number of aromatic amines is 1. The number of anilines is 1. The molecule has 2 aromatic rings. The van der Waals surface area contributed by atoms with Crippen molar-refractivity contribution >= 4 is 34.3 Å². The Labute approximate surface area is 112 Å². The van der Waals surface area contributed by atoms with E-state index in [1.807, 2.05) is 6.92 Å². The zero-order chi connectivity index (χ0) is 14.0. The van der Waals surface area contributed by atoms with Crippen molar-refractivity contribution in [3.63, 3.8) is 0 Å². The molecule has 1 aromatic heterocycles. The van der Waals surface area contributed by atoms with Crippen molar-refractivity contribution in [2.24, 2.45) is 0 Å². The highest BCUT2D eigenvalue weighted by molar-refractivity contribution is 7.91. The molecule has 1 atom stereocenters. The zero-order valence-electron chi connectivity index (χ0n) is 10.3. The number of aromatic nitrogens is 2. The second-order valence-corrected chi connectivity index (χ2v) is 5.59. The third-order valence-corrected chi connectivity index (χ3v) is 3.85. The van der Waals surface area contributed by atoms with Crippen LogP contribution in [0.1, 0.15) is 6.92 Å². The predicted molar refractivity (Wildman–Crippen MR) is 73.8 cm³/mol. The van der Waals surface area contributed by atoms with Gasteiger partial charge >= 0.3 is 6.09 Å². The van der Waals surface area contributed by atoms with Crippen LogP contribution in [0.15, 0.2) is 35.2 Å². The quantitative estimate of drug-likeness (QED) is 0.590. The van der Waals surface area contributed by atoms with Gasteiger partial charge in [0.25, 0.3) is 0 Å². The first-order chi connectivity index (χ1) is 8.95. The van der Waals surface area contributed by atoms with Crippen LogP contribution in [0.3, 0.4) is 0 Å². The van der Waals surface area contributed by atoms with Crippen molar-refractivity contribution in [1.82, 2.24) is 9.97 Å². The molecule has 0 aliphatic carbocycles. The topological polar surface area (TPSA) is 101 Å². The van der Waals surface area contributed by atoms with E-state index in [1.165, 1.54) is 0 Å². The first-order valence-electron chi connectivity index (χ1n) is 5.48. The number of H-pyrrole nitrogens is 1. The second-order valence-electron chi connectivity index (χ2n) is 4.14. The van der Waals surface area contributed by atoms with Gasteiger partial charge in [0.2, 0.25) is 5.95 Å². The van der Waals surface area contributed by atoms with E-state index in [9.17, 15) is 9.35 Å². The minimum Gasteiger partial charge on any atom is -0.611 e. The lowest BCUT2D eigenvalue weighted by Gasteiger charge is -2.09. The summed E-state index contributed by atoms with van der Waals surface area (Å²) in [5, 5.41) is 10.7. The zero-order valence-corrected chi connectivity index (χ0v) is 11.1. The van der Waals surface area contributed by atoms with E-state index in [2.05, 4.69) is 21.9 Å². The molecule has 0 radical (unpaired) electrons. The lowest BCUT2D eigenvalue weighted by Crippen LogP contribution is -2.08. The lowest BCUT2D eigenvalue weighted by atomic mass is 10.3. The Kier molecular flexibility index (Phi) is 3.77. The normalized spacial score (nSPS) is 12.3. The molecule has 3 N–H and O–H groups in total. The average molecular weight is 279 g/mol. The van der Waals surface area contributed by atoms with Gasteiger partial charge in [-0.3, -0.25) is 5.32 Å². The summed E-state index contributed by atoms with van der Waals surface area (Å²) in [6.45, 7) is 5.55. The molecule has 6 nitrogen and oxygen atoms in total. The molecule has 0 saturated carbocycles. The fraction of sp³-hybridized carbons (Fsp3) is 0.167. The number of imidazole rings is 1. The van der Waals surface area contributed by atoms with Crippen LogP contribution in [0, 0.1) is 0 Å². The fourth-order valence-electron chi connectivity index (χ4n) is 1.59. The number of hydrogen-bond donors (Lipinski definition) is 3. The molecular weight excluding hydrogens is 266 g/mol. The second kappa shape index (κ2) is 5.33. The summed E-state index contributed by atoms with van der Waals surface area (Å²) < 4.78 is 12.0.